The molecule has 0 spiro atoms. The fourth-order valence-electron chi connectivity index (χ4n) is 1.93. The van der Waals surface area contributed by atoms with E-state index in [0.29, 0.717) is 5.82 Å². The average Bonchev–Trinajstić information content (AvgIpc) is 2.50. The normalized spacial score (nSPS) is 16.8. The largest absolute Gasteiger partial charge is 0.306 e. The van der Waals surface area contributed by atoms with Gasteiger partial charge in [0.05, 0.1) is 0 Å². The van der Waals surface area contributed by atoms with Gasteiger partial charge < -0.3 is 5.32 Å². The van der Waals surface area contributed by atoms with Crippen LogP contribution in [-0.4, -0.2) is 10.9 Å². The highest BCUT2D eigenvalue weighted by Crippen LogP contribution is 2.34. The van der Waals surface area contributed by atoms with Crippen LogP contribution in [0.5, 0.6) is 0 Å². The second-order valence-electron chi connectivity index (χ2n) is 3.83. The second-order valence-corrected chi connectivity index (χ2v) is 3.83. The Morgan fingerprint density at radius 2 is 1.87 bits per heavy atom. The first-order chi connectivity index (χ1) is 7.06. The summed E-state index contributed by atoms with van der Waals surface area (Å²) in [5.74, 6) is 0.654. The third kappa shape index (κ3) is 1.27. The molecule has 2 heterocycles. The summed E-state index contributed by atoms with van der Waals surface area (Å²) < 4.78 is 0. The number of nitrogens with zero attached hydrogens (tertiary/aromatic N) is 1. The molecule has 0 aromatic carbocycles. The number of rotatable bonds is 0. The van der Waals surface area contributed by atoms with Crippen molar-refractivity contribution in [3.8, 4) is 0 Å². The average molecular weight is 202 g/mol. The van der Waals surface area contributed by atoms with E-state index in [-0.39, 0.29) is 5.91 Å². The lowest BCUT2D eigenvalue weighted by atomic mass is 9.99. The van der Waals surface area contributed by atoms with Gasteiger partial charge in [-0.15, -0.1) is 0 Å². The zero-order valence-electron chi connectivity index (χ0n) is 9.43. The molecule has 0 bridgehead atoms. The highest BCUT2D eigenvalue weighted by atomic mass is 16.2. The smallest absolute Gasteiger partial charge is 0.257 e. The lowest BCUT2D eigenvalue weighted by Gasteiger charge is -2.09. The Balaban J connectivity index is 2.77. The molecule has 3 heteroatoms. The fourth-order valence-corrected chi connectivity index (χ4v) is 1.93. The van der Waals surface area contributed by atoms with Crippen molar-refractivity contribution in [1.29, 1.82) is 0 Å². The number of anilines is 1. The summed E-state index contributed by atoms with van der Waals surface area (Å²) in [5, 5.41) is 2.79. The van der Waals surface area contributed by atoms with Gasteiger partial charge in [-0.05, 0) is 38.8 Å². The minimum atomic E-state index is -0.0481. The van der Waals surface area contributed by atoms with Gasteiger partial charge in [0.15, 0.2) is 0 Å². The third-order valence-corrected chi connectivity index (χ3v) is 3.03. The SMILES string of the molecule is C/C=C1\C(=O)Nc2nc(C)c(C)c(C)c21. The molecule has 1 amide bonds. The molecule has 1 aromatic rings. The first-order valence-corrected chi connectivity index (χ1v) is 5.02. The molecule has 0 aliphatic carbocycles. The number of hydrogen-bond acceptors (Lipinski definition) is 2. The van der Waals surface area contributed by atoms with Crippen LogP contribution in [0, 0.1) is 20.8 Å². The predicted molar refractivity (Wildman–Crippen MR) is 60.7 cm³/mol. The van der Waals surface area contributed by atoms with Crippen LogP contribution >= 0.6 is 0 Å². The third-order valence-electron chi connectivity index (χ3n) is 3.03. The molecule has 0 fully saturated rings. The van der Waals surface area contributed by atoms with E-state index in [9.17, 15) is 4.79 Å². The molecular formula is C12H14N2O. The van der Waals surface area contributed by atoms with E-state index in [4.69, 9.17) is 0 Å². The number of pyridine rings is 1. The number of allylic oxidation sites excluding steroid dienone is 1. The van der Waals surface area contributed by atoms with E-state index in [1.54, 1.807) is 0 Å². The Kier molecular flexibility index (Phi) is 2.11. The van der Waals surface area contributed by atoms with Gasteiger partial charge in [-0.25, -0.2) is 4.98 Å². The summed E-state index contributed by atoms with van der Waals surface area (Å²) in [5.41, 5.74) is 4.97. The van der Waals surface area contributed by atoms with E-state index < -0.39 is 0 Å². The highest BCUT2D eigenvalue weighted by molar-refractivity contribution is 6.31. The molecule has 0 radical (unpaired) electrons. The van der Waals surface area contributed by atoms with Crippen LogP contribution in [0.15, 0.2) is 6.08 Å². The number of hydrogen-bond donors (Lipinski definition) is 1. The molecule has 1 aromatic heterocycles. The molecule has 0 saturated heterocycles. The molecule has 1 aliphatic rings. The monoisotopic (exact) mass is 202 g/mol. The Hall–Kier alpha value is -1.64. The Morgan fingerprint density at radius 1 is 1.20 bits per heavy atom. The van der Waals surface area contributed by atoms with E-state index >= 15 is 0 Å². The first kappa shape index (κ1) is 9.90. The second kappa shape index (κ2) is 3.19. The quantitative estimate of drug-likeness (QED) is 0.656. The predicted octanol–water partition coefficient (Wildman–Crippen LogP) is 2.36. The van der Waals surface area contributed by atoms with Crippen molar-refractivity contribution in [1.82, 2.24) is 4.98 Å². The van der Waals surface area contributed by atoms with E-state index in [2.05, 4.69) is 10.3 Å². The lowest BCUT2D eigenvalue weighted by Crippen LogP contribution is -2.04. The topological polar surface area (TPSA) is 42.0 Å². The van der Waals surface area contributed by atoms with Crippen LogP contribution in [0.2, 0.25) is 0 Å². The molecule has 1 aliphatic heterocycles. The Morgan fingerprint density at radius 3 is 2.47 bits per heavy atom. The van der Waals surface area contributed by atoms with Gasteiger partial charge >= 0.3 is 0 Å². The minimum Gasteiger partial charge on any atom is -0.306 e. The maximum Gasteiger partial charge on any atom is 0.257 e. The number of aryl methyl sites for hydroxylation is 1. The van der Waals surface area contributed by atoms with Gasteiger partial charge in [0, 0.05) is 16.8 Å². The molecule has 2 rings (SSSR count). The molecule has 1 N–H and O–H groups in total. The number of amides is 1. The van der Waals surface area contributed by atoms with Crippen molar-refractivity contribution in [2.75, 3.05) is 5.32 Å². The van der Waals surface area contributed by atoms with Gasteiger partial charge in [-0.1, -0.05) is 6.08 Å². The van der Waals surface area contributed by atoms with E-state index in [1.807, 2.05) is 33.8 Å². The zero-order valence-corrected chi connectivity index (χ0v) is 9.43. The van der Waals surface area contributed by atoms with Crippen molar-refractivity contribution in [2.24, 2.45) is 0 Å². The fraction of sp³-hybridized carbons (Fsp3) is 0.333. The number of fused-ring (bicyclic) bond motifs is 1. The minimum absolute atomic E-state index is 0.0481. The first-order valence-electron chi connectivity index (χ1n) is 5.02. The molecule has 78 valence electrons. The van der Waals surface area contributed by atoms with Crippen molar-refractivity contribution < 1.29 is 4.79 Å². The standard InChI is InChI=1S/C12H14N2O/c1-5-9-10-7(3)6(2)8(4)13-11(10)14-12(9)15/h5H,1-4H3,(H,13,14,15)/b9-5-. The van der Waals surface area contributed by atoms with Crippen LogP contribution in [0.25, 0.3) is 5.57 Å². The summed E-state index contributed by atoms with van der Waals surface area (Å²) in [4.78, 5) is 16.0. The Bertz CT molecular complexity index is 487. The van der Waals surface area contributed by atoms with Gasteiger partial charge in [-0.2, -0.15) is 0 Å². The number of aromatic nitrogens is 1. The van der Waals surface area contributed by atoms with Crippen LogP contribution in [-0.2, 0) is 4.79 Å². The van der Waals surface area contributed by atoms with Gasteiger partial charge in [0.1, 0.15) is 5.82 Å². The maximum absolute atomic E-state index is 11.6. The summed E-state index contributed by atoms with van der Waals surface area (Å²) in [7, 11) is 0. The van der Waals surface area contributed by atoms with Gasteiger partial charge in [-0.3, -0.25) is 4.79 Å². The molecule has 3 nitrogen and oxygen atoms in total. The van der Waals surface area contributed by atoms with Crippen LogP contribution in [0.1, 0.15) is 29.3 Å². The summed E-state index contributed by atoms with van der Waals surface area (Å²) >= 11 is 0. The van der Waals surface area contributed by atoms with Crippen molar-refractivity contribution in [3.05, 3.63) is 28.5 Å². The summed E-state index contributed by atoms with van der Waals surface area (Å²) in [6, 6.07) is 0. The van der Waals surface area contributed by atoms with Gasteiger partial charge in [0.2, 0.25) is 0 Å². The van der Waals surface area contributed by atoms with Crippen molar-refractivity contribution in [3.63, 3.8) is 0 Å². The van der Waals surface area contributed by atoms with Crippen molar-refractivity contribution in [2.45, 2.75) is 27.7 Å². The number of carbonyl (C=O) groups is 1. The van der Waals surface area contributed by atoms with E-state index in [0.717, 1.165) is 28.0 Å². The Labute approximate surface area is 89.2 Å². The lowest BCUT2D eigenvalue weighted by molar-refractivity contribution is -0.110. The van der Waals surface area contributed by atoms with E-state index in [1.165, 1.54) is 0 Å². The molecular weight excluding hydrogens is 188 g/mol. The number of nitrogens with one attached hydrogen (secondary N) is 1. The van der Waals surface area contributed by atoms with Crippen LogP contribution in [0.4, 0.5) is 5.82 Å². The number of carbonyl (C=O) groups excluding carboxylic acids is 1. The molecule has 0 atom stereocenters. The molecule has 15 heavy (non-hydrogen) atoms. The molecule has 0 unspecified atom stereocenters. The van der Waals surface area contributed by atoms with Gasteiger partial charge in [0.25, 0.3) is 5.91 Å². The summed E-state index contributed by atoms with van der Waals surface area (Å²) in [6.07, 6.45) is 1.84. The van der Waals surface area contributed by atoms with Crippen LogP contribution in [0.3, 0.4) is 0 Å². The maximum atomic E-state index is 11.6. The molecule has 0 saturated carbocycles. The summed E-state index contributed by atoms with van der Waals surface area (Å²) in [6.45, 7) is 7.90. The zero-order chi connectivity index (χ0) is 11.2. The van der Waals surface area contributed by atoms with Crippen molar-refractivity contribution >= 4 is 17.3 Å². The van der Waals surface area contributed by atoms with Crippen LogP contribution < -0.4 is 5.32 Å². The highest BCUT2D eigenvalue weighted by Gasteiger charge is 2.27.